The molecule has 0 saturated heterocycles. The summed E-state index contributed by atoms with van der Waals surface area (Å²) in [7, 11) is 0. The number of nitrogens with zero attached hydrogens (tertiary/aromatic N) is 1. The molecule has 0 bridgehead atoms. The van der Waals surface area contributed by atoms with Gasteiger partial charge in [-0.15, -0.1) is 0 Å². The Morgan fingerprint density at radius 3 is 2.12 bits per heavy atom. The number of amides is 2. The minimum Gasteiger partial charge on any atom is -0.454 e. The maximum atomic E-state index is 13.1. The highest BCUT2D eigenvalue weighted by molar-refractivity contribution is 6.35. The predicted octanol–water partition coefficient (Wildman–Crippen LogP) is 4.76. The average molecular weight is 441 g/mol. The van der Waals surface area contributed by atoms with Crippen LogP contribution in [0, 0.1) is 27.7 Å². The van der Waals surface area contributed by atoms with Crippen LogP contribution in [0.4, 0.5) is 5.69 Å². The van der Waals surface area contributed by atoms with Crippen molar-refractivity contribution >= 4 is 29.3 Å². The fourth-order valence-corrected chi connectivity index (χ4v) is 3.88. The lowest BCUT2D eigenvalue weighted by Gasteiger charge is -2.17. The number of ether oxygens (including phenoxy) is 1. The van der Waals surface area contributed by atoms with E-state index in [4.69, 9.17) is 4.74 Å². The van der Waals surface area contributed by atoms with Crippen molar-refractivity contribution in [3.63, 3.8) is 0 Å². The van der Waals surface area contributed by atoms with Crippen LogP contribution < -0.4 is 4.90 Å². The number of hydrogen-bond acceptors (Lipinski definition) is 5. The van der Waals surface area contributed by atoms with Crippen molar-refractivity contribution in [2.24, 2.45) is 0 Å². The molecule has 3 aromatic rings. The number of Topliss-reactive ketones (excluding diaryl/α,β-unsaturated/α-hetero) is 1. The lowest BCUT2D eigenvalue weighted by atomic mass is 10.0. The molecule has 1 heterocycles. The van der Waals surface area contributed by atoms with Crippen molar-refractivity contribution in [1.82, 2.24) is 0 Å². The van der Waals surface area contributed by atoms with Crippen molar-refractivity contribution in [3.05, 3.63) is 99.1 Å². The van der Waals surface area contributed by atoms with Gasteiger partial charge in [0.05, 0.1) is 22.4 Å². The van der Waals surface area contributed by atoms with Crippen molar-refractivity contribution in [3.8, 4) is 0 Å². The van der Waals surface area contributed by atoms with E-state index in [1.807, 2.05) is 52.0 Å². The molecular formula is C27H23NO5. The fraction of sp³-hybridized carbons (Fsp3) is 0.185. The van der Waals surface area contributed by atoms with Gasteiger partial charge < -0.3 is 4.74 Å². The molecule has 4 rings (SSSR count). The Morgan fingerprint density at radius 1 is 0.758 bits per heavy atom. The zero-order valence-corrected chi connectivity index (χ0v) is 18.9. The lowest BCUT2D eigenvalue weighted by Crippen LogP contribution is -2.30. The highest BCUT2D eigenvalue weighted by Gasteiger charge is 2.38. The molecule has 0 saturated carbocycles. The number of fused-ring (bicyclic) bond motifs is 1. The smallest absolute Gasteiger partial charge is 0.338 e. The van der Waals surface area contributed by atoms with Crippen LogP contribution in [0.15, 0.2) is 54.6 Å². The molecule has 0 aromatic heterocycles. The highest BCUT2D eigenvalue weighted by Crippen LogP contribution is 2.32. The lowest BCUT2D eigenvalue weighted by molar-refractivity contribution is 0.0474. The number of imide groups is 1. The zero-order valence-electron chi connectivity index (χ0n) is 18.9. The monoisotopic (exact) mass is 441 g/mol. The summed E-state index contributed by atoms with van der Waals surface area (Å²) >= 11 is 0. The van der Waals surface area contributed by atoms with E-state index in [1.165, 1.54) is 18.2 Å². The molecule has 0 spiro atoms. The summed E-state index contributed by atoms with van der Waals surface area (Å²) in [5, 5.41) is 0. The predicted molar refractivity (Wildman–Crippen MR) is 124 cm³/mol. The van der Waals surface area contributed by atoms with E-state index in [0.29, 0.717) is 11.3 Å². The molecule has 33 heavy (non-hydrogen) atoms. The first-order chi connectivity index (χ1) is 15.7. The Morgan fingerprint density at radius 2 is 1.39 bits per heavy atom. The third-order valence-corrected chi connectivity index (χ3v) is 5.76. The summed E-state index contributed by atoms with van der Waals surface area (Å²) in [5.41, 5.74) is 4.93. The molecule has 2 amide bonds. The fourth-order valence-electron chi connectivity index (χ4n) is 3.88. The third-order valence-electron chi connectivity index (χ3n) is 5.76. The molecule has 6 heteroatoms. The number of carbonyl (C=O) groups excluding carboxylic acids is 4. The summed E-state index contributed by atoms with van der Waals surface area (Å²) in [6.07, 6.45) is 0. The van der Waals surface area contributed by atoms with Gasteiger partial charge in [0, 0.05) is 5.56 Å². The van der Waals surface area contributed by atoms with Gasteiger partial charge in [0.15, 0.2) is 6.61 Å². The maximum absolute atomic E-state index is 13.1. The Labute approximate surface area is 191 Å². The summed E-state index contributed by atoms with van der Waals surface area (Å²) in [6, 6.07) is 15.3. The molecule has 166 valence electrons. The number of ketones is 1. The van der Waals surface area contributed by atoms with E-state index in [1.54, 1.807) is 12.1 Å². The molecule has 0 fully saturated rings. The number of esters is 1. The summed E-state index contributed by atoms with van der Waals surface area (Å²) < 4.78 is 5.21. The molecule has 1 aliphatic heterocycles. The van der Waals surface area contributed by atoms with E-state index in [2.05, 4.69) is 0 Å². The quantitative estimate of drug-likeness (QED) is 0.324. The van der Waals surface area contributed by atoms with Gasteiger partial charge in [0.1, 0.15) is 0 Å². The van der Waals surface area contributed by atoms with Crippen LogP contribution in [0.25, 0.3) is 0 Å². The Balaban J connectivity index is 1.54. The van der Waals surface area contributed by atoms with Gasteiger partial charge in [-0.1, -0.05) is 29.8 Å². The Kier molecular flexibility index (Phi) is 5.68. The molecule has 0 unspecified atom stereocenters. The van der Waals surface area contributed by atoms with Crippen LogP contribution in [-0.4, -0.2) is 30.2 Å². The van der Waals surface area contributed by atoms with Gasteiger partial charge in [0.2, 0.25) is 5.78 Å². The van der Waals surface area contributed by atoms with Crippen LogP contribution in [0.3, 0.4) is 0 Å². The van der Waals surface area contributed by atoms with Gasteiger partial charge in [0.25, 0.3) is 11.8 Å². The molecule has 3 aromatic carbocycles. The normalized spacial score (nSPS) is 12.7. The van der Waals surface area contributed by atoms with Crippen molar-refractivity contribution in [1.29, 1.82) is 0 Å². The minimum atomic E-state index is -0.734. The number of benzene rings is 3. The molecule has 0 atom stereocenters. The number of hydrogen-bond donors (Lipinski definition) is 0. The van der Waals surface area contributed by atoms with E-state index >= 15 is 0 Å². The standard InChI is InChI=1S/C27H23NO5/c1-15-5-7-17(3)21(11-15)24(29)14-33-27(32)19-9-10-20-22(13-19)26(31)28(25(20)30)23-12-16(2)6-8-18(23)4/h5-13H,14H2,1-4H3. The van der Waals surface area contributed by atoms with Gasteiger partial charge in [-0.25, -0.2) is 9.69 Å². The first kappa shape index (κ1) is 22.1. The third kappa shape index (κ3) is 4.07. The molecular weight excluding hydrogens is 418 g/mol. The van der Waals surface area contributed by atoms with E-state index in [-0.39, 0.29) is 22.5 Å². The molecule has 0 N–H and O–H groups in total. The topological polar surface area (TPSA) is 80.8 Å². The SMILES string of the molecule is Cc1ccc(C)c(C(=O)COC(=O)c2ccc3c(c2)C(=O)N(c2cc(C)ccc2C)C3=O)c1. The largest absolute Gasteiger partial charge is 0.454 e. The molecule has 0 aliphatic carbocycles. The average Bonchev–Trinajstić information content (AvgIpc) is 3.04. The van der Waals surface area contributed by atoms with Gasteiger partial charge in [-0.3, -0.25) is 14.4 Å². The second kappa shape index (κ2) is 8.47. The van der Waals surface area contributed by atoms with Gasteiger partial charge in [-0.2, -0.15) is 0 Å². The number of rotatable bonds is 5. The van der Waals surface area contributed by atoms with E-state index in [9.17, 15) is 19.2 Å². The van der Waals surface area contributed by atoms with Gasteiger partial charge >= 0.3 is 5.97 Å². The Hall–Kier alpha value is -4.06. The maximum Gasteiger partial charge on any atom is 0.338 e. The van der Waals surface area contributed by atoms with Crippen LogP contribution in [-0.2, 0) is 4.74 Å². The van der Waals surface area contributed by atoms with Crippen molar-refractivity contribution in [2.75, 3.05) is 11.5 Å². The van der Waals surface area contributed by atoms with E-state index in [0.717, 1.165) is 27.2 Å². The first-order valence-corrected chi connectivity index (χ1v) is 10.5. The zero-order chi connectivity index (χ0) is 23.9. The number of aryl methyl sites for hydroxylation is 4. The van der Waals surface area contributed by atoms with Crippen molar-refractivity contribution in [2.45, 2.75) is 27.7 Å². The number of carbonyl (C=O) groups is 4. The van der Waals surface area contributed by atoms with Crippen LogP contribution in [0.2, 0.25) is 0 Å². The summed E-state index contributed by atoms with van der Waals surface area (Å²) in [5.74, 6) is -1.97. The van der Waals surface area contributed by atoms with Crippen molar-refractivity contribution < 1.29 is 23.9 Å². The van der Waals surface area contributed by atoms with Gasteiger partial charge in [-0.05, 0) is 74.7 Å². The molecule has 0 radical (unpaired) electrons. The number of anilines is 1. The first-order valence-electron chi connectivity index (χ1n) is 10.5. The highest BCUT2D eigenvalue weighted by atomic mass is 16.5. The minimum absolute atomic E-state index is 0.103. The summed E-state index contributed by atoms with van der Waals surface area (Å²) in [4.78, 5) is 52.2. The van der Waals surface area contributed by atoms with E-state index < -0.39 is 24.4 Å². The van der Waals surface area contributed by atoms with Crippen LogP contribution in [0.5, 0.6) is 0 Å². The molecule has 1 aliphatic rings. The second-order valence-corrected chi connectivity index (χ2v) is 8.31. The van der Waals surface area contributed by atoms with Crippen LogP contribution >= 0.6 is 0 Å². The molecule has 6 nitrogen and oxygen atoms in total. The Bertz CT molecular complexity index is 1340. The summed E-state index contributed by atoms with van der Waals surface area (Å²) in [6.45, 7) is 7.00. The second-order valence-electron chi connectivity index (χ2n) is 8.31. The van der Waals surface area contributed by atoms with Crippen LogP contribution in [0.1, 0.15) is 63.7 Å².